The van der Waals surface area contributed by atoms with Gasteiger partial charge in [-0.05, 0) is 36.8 Å². The van der Waals surface area contributed by atoms with Crippen molar-refractivity contribution in [3.63, 3.8) is 0 Å². The zero-order chi connectivity index (χ0) is 21.8. The van der Waals surface area contributed by atoms with Gasteiger partial charge in [-0.3, -0.25) is 0 Å². The molecule has 2 rings (SSSR count). The second-order valence-corrected chi connectivity index (χ2v) is 7.95. The lowest BCUT2D eigenvalue weighted by Gasteiger charge is -2.18. The minimum atomic E-state index is 0.322. The quantitative estimate of drug-likeness (QED) is 0.621. The lowest BCUT2D eigenvalue weighted by Crippen LogP contribution is -2.07. The molecule has 28 heavy (non-hydrogen) atoms. The van der Waals surface area contributed by atoms with E-state index >= 15 is 0 Å². The summed E-state index contributed by atoms with van der Waals surface area (Å²) in [7, 11) is 0. The van der Waals surface area contributed by atoms with Crippen molar-refractivity contribution < 1.29 is 14.7 Å². The van der Waals surface area contributed by atoms with Gasteiger partial charge in [0.2, 0.25) is 0 Å². The fraction of sp³-hybridized carbons (Fsp3) is 0.440. The predicted molar refractivity (Wildman–Crippen MR) is 119 cm³/mol. The van der Waals surface area contributed by atoms with Crippen molar-refractivity contribution in [3.05, 3.63) is 66.7 Å². The van der Waals surface area contributed by atoms with Crippen LogP contribution in [0.15, 0.2) is 66.7 Å². The van der Waals surface area contributed by atoms with Gasteiger partial charge in [-0.25, -0.2) is 0 Å². The smallest absolute Gasteiger partial charge is 0.130 e. The third-order valence-electron chi connectivity index (χ3n) is 3.68. The summed E-state index contributed by atoms with van der Waals surface area (Å²) in [5, 5.41) is 8.63. The molecule has 0 aliphatic rings. The molecule has 0 aliphatic carbocycles. The van der Waals surface area contributed by atoms with Crippen molar-refractivity contribution in [1.82, 2.24) is 0 Å². The highest BCUT2D eigenvalue weighted by atomic mass is 16.3. The summed E-state index contributed by atoms with van der Waals surface area (Å²) in [5.41, 5.74) is 0.440. The molecule has 0 amide bonds. The average molecular weight is 387 g/mol. The summed E-state index contributed by atoms with van der Waals surface area (Å²) >= 11 is 0. The van der Waals surface area contributed by atoms with Crippen LogP contribution in [0.2, 0.25) is 0 Å². The number of hydrogen-bond donors (Lipinski definition) is 1. The topological polar surface area (TPSA) is 54.4 Å². The number of aromatic hydroxyl groups is 1. The van der Waals surface area contributed by atoms with Gasteiger partial charge >= 0.3 is 0 Å². The Balaban J connectivity index is 0. The maximum Gasteiger partial charge on any atom is 0.130 e. The molecule has 3 nitrogen and oxygen atoms in total. The van der Waals surface area contributed by atoms with Crippen LogP contribution in [0.25, 0.3) is 0 Å². The highest BCUT2D eigenvalue weighted by Gasteiger charge is 2.11. The van der Waals surface area contributed by atoms with Gasteiger partial charge < -0.3 is 14.7 Å². The van der Waals surface area contributed by atoms with Crippen LogP contribution < -0.4 is 0 Å². The summed E-state index contributed by atoms with van der Waals surface area (Å²) in [5.74, 6) is 1.21. The van der Waals surface area contributed by atoms with Crippen molar-refractivity contribution in [3.8, 4) is 5.75 Å². The van der Waals surface area contributed by atoms with Crippen LogP contribution in [-0.4, -0.2) is 17.7 Å². The van der Waals surface area contributed by atoms with Crippen molar-refractivity contribution >= 4 is 12.6 Å². The van der Waals surface area contributed by atoms with E-state index in [1.165, 1.54) is 19.3 Å². The van der Waals surface area contributed by atoms with Gasteiger partial charge in [0, 0.05) is 6.42 Å². The number of phenols is 1. The molecular weight excluding hydrogens is 348 g/mol. The van der Waals surface area contributed by atoms with Gasteiger partial charge in [0.05, 0.1) is 0 Å². The molecule has 0 saturated carbocycles. The van der Waals surface area contributed by atoms with Crippen molar-refractivity contribution in [2.45, 2.75) is 60.3 Å². The first-order chi connectivity index (χ1) is 13.2. The molecule has 0 fully saturated rings. The molecule has 0 aliphatic heterocycles. The molecule has 0 spiro atoms. The number of carbonyl (C=O) groups is 2. The van der Waals surface area contributed by atoms with E-state index in [0.29, 0.717) is 22.9 Å². The third-order valence-corrected chi connectivity index (χ3v) is 3.68. The molecule has 0 radical (unpaired) electrons. The summed E-state index contributed by atoms with van der Waals surface area (Å²) < 4.78 is 0. The monoisotopic (exact) mass is 386 g/mol. The van der Waals surface area contributed by atoms with Crippen molar-refractivity contribution in [2.75, 3.05) is 0 Å². The van der Waals surface area contributed by atoms with Gasteiger partial charge in [-0.1, -0.05) is 95.1 Å². The second-order valence-electron chi connectivity index (χ2n) is 7.95. The first-order valence-corrected chi connectivity index (χ1v) is 9.73. The fourth-order valence-electron chi connectivity index (χ4n) is 2.39. The van der Waals surface area contributed by atoms with E-state index in [-0.39, 0.29) is 0 Å². The Bertz CT molecular complexity index is 547. The van der Waals surface area contributed by atoms with E-state index in [4.69, 9.17) is 9.90 Å². The zero-order valence-electron chi connectivity index (χ0n) is 18.2. The van der Waals surface area contributed by atoms with Crippen LogP contribution in [0.1, 0.15) is 60.3 Å². The molecule has 3 heteroatoms. The third kappa shape index (κ3) is 23.6. The number of ketones is 1. The first-order valence-electron chi connectivity index (χ1n) is 9.73. The van der Waals surface area contributed by atoms with Crippen molar-refractivity contribution in [1.29, 1.82) is 0 Å². The molecule has 0 aromatic heterocycles. The molecule has 1 N–H and O–H groups in total. The van der Waals surface area contributed by atoms with Crippen LogP contribution in [0.3, 0.4) is 0 Å². The zero-order valence-corrected chi connectivity index (χ0v) is 18.2. The Morgan fingerprint density at radius 1 is 0.929 bits per heavy atom. The number of phenolic OH excluding ortho intramolecular Hbond substituents is 1. The molecule has 0 heterocycles. The van der Waals surface area contributed by atoms with Gasteiger partial charge in [0.15, 0.2) is 0 Å². The van der Waals surface area contributed by atoms with Crippen LogP contribution in [-0.2, 0) is 9.59 Å². The number of rotatable bonds is 5. The number of para-hydroxylation sites is 1. The van der Waals surface area contributed by atoms with E-state index < -0.39 is 0 Å². The molecular formula is C25H38O3. The normalized spacial score (nSPS) is 10.6. The number of carbonyl (C=O) groups excluding carboxylic acids is 2. The largest absolute Gasteiger partial charge is 0.508 e. The van der Waals surface area contributed by atoms with E-state index in [1.807, 2.05) is 49.3 Å². The lowest BCUT2D eigenvalue weighted by atomic mass is 9.87. The molecule has 2 aromatic rings. The number of benzene rings is 2. The van der Waals surface area contributed by atoms with Crippen LogP contribution in [0.5, 0.6) is 5.75 Å². The molecule has 156 valence electrons. The summed E-state index contributed by atoms with van der Waals surface area (Å²) in [6.45, 7) is 12.7. The Labute approximate surface area is 171 Å². The maximum atomic E-state index is 10.8. The van der Waals surface area contributed by atoms with E-state index in [9.17, 15) is 4.79 Å². The Kier molecular flexibility index (Phi) is 17.8. The highest BCUT2D eigenvalue weighted by molar-refractivity contribution is 5.75. The summed E-state index contributed by atoms with van der Waals surface area (Å²) in [4.78, 5) is 18.8. The minimum absolute atomic E-state index is 0.322. The highest BCUT2D eigenvalue weighted by Crippen LogP contribution is 2.23. The second kappa shape index (κ2) is 18.0. The summed E-state index contributed by atoms with van der Waals surface area (Å²) in [6, 6.07) is 20.7. The van der Waals surface area contributed by atoms with E-state index in [0.717, 1.165) is 6.42 Å². The Morgan fingerprint density at radius 2 is 1.32 bits per heavy atom. The molecule has 1 atom stereocenters. The number of Topliss-reactive ketones (excluding diaryl/α,β-unsaturated/α-hetero) is 1. The van der Waals surface area contributed by atoms with Gasteiger partial charge in [-0.2, -0.15) is 0 Å². The molecule has 0 bridgehead atoms. The average Bonchev–Trinajstić information content (AvgIpc) is 2.65. The summed E-state index contributed by atoms with van der Waals surface area (Å²) in [6.07, 6.45) is 4.45. The Morgan fingerprint density at radius 3 is 1.61 bits per heavy atom. The maximum absolute atomic E-state index is 10.8. The standard InChI is InChI=1S/C12H24O.C6H6O.C6H6.CH2O/c1-10(9-11(2)13)7-6-8-12(3,4)5;7-6-4-2-1-3-5-6;1-2-4-6-5-3-1;1-2/h10H,6-9H2,1-5H3;1-5,7H;1-6H;1H2. The molecule has 0 saturated heterocycles. The van der Waals surface area contributed by atoms with Crippen LogP contribution >= 0.6 is 0 Å². The van der Waals surface area contributed by atoms with Crippen molar-refractivity contribution in [2.24, 2.45) is 11.3 Å². The van der Waals surface area contributed by atoms with Gasteiger partial charge in [-0.15, -0.1) is 0 Å². The van der Waals surface area contributed by atoms with Crippen LogP contribution in [0.4, 0.5) is 0 Å². The van der Waals surface area contributed by atoms with E-state index in [2.05, 4.69) is 27.7 Å². The minimum Gasteiger partial charge on any atom is -0.508 e. The van der Waals surface area contributed by atoms with Crippen LogP contribution in [0, 0.1) is 11.3 Å². The lowest BCUT2D eigenvalue weighted by molar-refractivity contribution is -0.117. The first kappa shape index (κ1) is 27.8. The number of hydrogen-bond acceptors (Lipinski definition) is 3. The predicted octanol–water partition coefficient (Wildman–Crippen LogP) is 6.71. The van der Waals surface area contributed by atoms with E-state index in [1.54, 1.807) is 31.2 Å². The molecule has 1 unspecified atom stereocenters. The van der Waals surface area contributed by atoms with Gasteiger partial charge in [0.1, 0.15) is 18.3 Å². The van der Waals surface area contributed by atoms with Gasteiger partial charge in [0.25, 0.3) is 0 Å². The SMILES string of the molecule is C=O.CC(=O)CC(C)CCCC(C)(C)C.Oc1ccccc1.c1ccccc1. The Hall–Kier alpha value is -2.42. The fourth-order valence-corrected chi connectivity index (χ4v) is 2.39. The molecule has 2 aromatic carbocycles.